The van der Waals surface area contributed by atoms with Crippen molar-refractivity contribution >= 4 is 0 Å². The Kier molecular flexibility index (Phi) is 21.8. The molecule has 0 amide bonds. The smallest absolute Gasteiger partial charge is 0.243 e. The zero-order chi connectivity index (χ0) is 22.7. The molecule has 2 aromatic rings. The van der Waals surface area contributed by atoms with Crippen molar-refractivity contribution in [3.05, 3.63) is 37.4 Å². The quantitative estimate of drug-likeness (QED) is 0.172. The fourth-order valence-electron chi connectivity index (χ4n) is 4.69. The topological polar surface area (TPSA) is 17.6 Å². The van der Waals surface area contributed by atoms with Gasteiger partial charge in [-0.25, -0.2) is 18.3 Å². The summed E-state index contributed by atoms with van der Waals surface area (Å²) in [6.07, 6.45) is 38.6. The molecule has 0 spiro atoms. The number of aromatic nitrogens is 4. The van der Waals surface area contributed by atoms with Gasteiger partial charge >= 0.3 is 0 Å². The molecule has 0 unspecified atom stereocenters. The fraction of sp³-hybridized carbons (Fsp3) is 0.786. The Bertz CT molecular complexity index is 625. The molecule has 0 aliphatic rings. The SMILES string of the molecule is C[n+]1ccn(CCCCCCCCCCCCCCCCCCCCn2cc[n+](C)c2)c1.[Cl-].[Cl-]. The Morgan fingerprint density at radius 3 is 0.853 bits per heavy atom. The third kappa shape index (κ3) is 17.4. The van der Waals surface area contributed by atoms with Crippen LogP contribution in [0.3, 0.4) is 0 Å². The third-order valence-corrected chi connectivity index (χ3v) is 6.73. The second-order valence-corrected chi connectivity index (χ2v) is 10.00. The van der Waals surface area contributed by atoms with Crippen molar-refractivity contribution in [2.75, 3.05) is 0 Å². The number of hydrogen-bond donors (Lipinski definition) is 0. The summed E-state index contributed by atoms with van der Waals surface area (Å²) in [5, 5.41) is 0. The van der Waals surface area contributed by atoms with Gasteiger partial charge in [0.05, 0.1) is 27.2 Å². The van der Waals surface area contributed by atoms with Crippen LogP contribution in [-0.4, -0.2) is 9.13 Å². The van der Waals surface area contributed by atoms with Crippen LogP contribution in [0.4, 0.5) is 0 Å². The Labute approximate surface area is 223 Å². The van der Waals surface area contributed by atoms with Crippen molar-refractivity contribution in [3.63, 3.8) is 0 Å². The molecule has 0 aliphatic carbocycles. The van der Waals surface area contributed by atoms with E-state index in [1.807, 2.05) is 0 Å². The molecule has 0 saturated carbocycles. The van der Waals surface area contributed by atoms with Crippen LogP contribution in [0.1, 0.15) is 116 Å². The minimum Gasteiger partial charge on any atom is -1.00 e. The molecule has 0 fully saturated rings. The number of hydrogen-bond acceptors (Lipinski definition) is 0. The van der Waals surface area contributed by atoms with E-state index < -0.39 is 0 Å². The normalized spacial score (nSPS) is 10.8. The molecule has 0 atom stereocenters. The highest BCUT2D eigenvalue weighted by Gasteiger charge is 2.00. The third-order valence-electron chi connectivity index (χ3n) is 6.73. The van der Waals surface area contributed by atoms with Gasteiger partial charge in [0.2, 0.25) is 12.7 Å². The summed E-state index contributed by atoms with van der Waals surface area (Å²) in [6, 6.07) is 0. The molecule has 2 rings (SSSR count). The highest BCUT2D eigenvalue weighted by atomic mass is 35.5. The summed E-state index contributed by atoms with van der Waals surface area (Å²) in [4.78, 5) is 0. The molecule has 0 radical (unpaired) electrons. The van der Waals surface area contributed by atoms with E-state index in [1.165, 1.54) is 129 Å². The lowest BCUT2D eigenvalue weighted by Gasteiger charge is -2.04. The van der Waals surface area contributed by atoms with Gasteiger partial charge in [-0.2, -0.15) is 0 Å². The largest absolute Gasteiger partial charge is 1.00 e. The number of nitrogens with zero attached hydrogens (tertiary/aromatic N) is 4. The molecule has 4 nitrogen and oxygen atoms in total. The number of halogens is 2. The maximum absolute atomic E-state index is 2.30. The Hall–Kier alpha value is -1.00. The van der Waals surface area contributed by atoms with Crippen molar-refractivity contribution in [3.8, 4) is 0 Å². The van der Waals surface area contributed by atoms with Crippen LogP contribution < -0.4 is 33.9 Å². The summed E-state index contributed by atoms with van der Waals surface area (Å²) in [6.45, 7) is 2.35. The van der Waals surface area contributed by atoms with E-state index in [0.717, 1.165) is 0 Å². The van der Waals surface area contributed by atoms with Gasteiger partial charge in [0.15, 0.2) is 0 Å². The first-order chi connectivity index (χ1) is 15.7. The van der Waals surface area contributed by atoms with Gasteiger partial charge in [-0.3, -0.25) is 0 Å². The van der Waals surface area contributed by atoms with Gasteiger partial charge in [0, 0.05) is 0 Å². The van der Waals surface area contributed by atoms with E-state index in [-0.39, 0.29) is 24.8 Å². The van der Waals surface area contributed by atoms with Crippen molar-refractivity contribution in [1.29, 1.82) is 0 Å². The van der Waals surface area contributed by atoms with Crippen molar-refractivity contribution in [2.45, 2.75) is 129 Å². The molecule has 34 heavy (non-hydrogen) atoms. The summed E-state index contributed by atoms with van der Waals surface area (Å²) < 4.78 is 8.84. The van der Waals surface area contributed by atoms with E-state index >= 15 is 0 Å². The fourth-order valence-corrected chi connectivity index (χ4v) is 4.69. The highest BCUT2D eigenvalue weighted by Crippen LogP contribution is 2.14. The predicted octanol–water partition coefficient (Wildman–Crippen LogP) is 0.669. The Morgan fingerprint density at radius 2 is 0.647 bits per heavy atom. The molecular formula is C28H52Cl2N4. The molecule has 0 saturated heterocycles. The summed E-state index contributed by atoms with van der Waals surface area (Å²) >= 11 is 0. The molecule has 0 aromatic carbocycles. The van der Waals surface area contributed by atoms with Crippen LogP contribution in [0.2, 0.25) is 0 Å². The van der Waals surface area contributed by atoms with E-state index in [0.29, 0.717) is 0 Å². The van der Waals surface area contributed by atoms with Gasteiger partial charge in [-0.1, -0.05) is 89.9 Å². The molecule has 0 aliphatic heterocycles. The maximum atomic E-state index is 2.30. The van der Waals surface area contributed by atoms with E-state index in [2.05, 4.69) is 69.8 Å². The van der Waals surface area contributed by atoms with E-state index in [4.69, 9.17) is 0 Å². The van der Waals surface area contributed by atoms with Crippen molar-refractivity contribution in [1.82, 2.24) is 9.13 Å². The van der Waals surface area contributed by atoms with Crippen LogP contribution in [0.15, 0.2) is 37.4 Å². The molecular weight excluding hydrogens is 463 g/mol. The van der Waals surface area contributed by atoms with Crippen LogP contribution >= 0.6 is 0 Å². The lowest BCUT2D eigenvalue weighted by Crippen LogP contribution is -3.00. The average Bonchev–Trinajstić information content (AvgIpc) is 3.39. The standard InChI is InChI=1S/C28H52N4.2ClH/c1-29-23-25-31(27-29)21-19-17-15-13-11-9-7-5-3-4-6-8-10-12-14-16-18-20-22-32-26-24-30(2)28-32;;/h23-28H,3-22H2,1-2H3;2*1H/q+2;;/p-2. The van der Waals surface area contributed by atoms with Crippen LogP contribution in [-0.2, 0) is 27.2 Å². The molecule has 198 valence electrons. The summed E-state index contributed by atoms with van der Waals surface area (Å²) in [5.41, 5.74) is 0. The molecule has 0 N–H and O–H groups in total. The lowest BCUT2D eigenvalue weighted by molar-refractivity contribution is -0.671. The van der Waals surface area contributed by atoms with Gasteiger partial charge in [-0.05, 0) is 25.7 Å². The number of imidazole rings is 2. The van der Waals surface area contributed by atoms with Gasteiger partial charge in [0.1, 0.15) is 24.8 Å². The molecule has 2 heterocycles. The van der Waals surface area contributed by atoms with Gasteiger partial charge in [-0.15, -0.1) is 0 Å². The van der Waals surface area contributed by atoms with E-state index in [1.54, 1.807) is 0 Å². The maximum Gasteiger partial charge on any atom is 0.243 e. The minimum atomic E-state index is 0. The zero-order valence-corrected chi connectivity index (χ0v) is 23.7. The predicted molar refractivity (Wildman–Crippen MR) is 134 cm³/mol. The second kappa shape index (κ2) is 22.5. The minimum absolute atomic E-state index is 0. The lowest BCUT2D eigenvalue weighted by atomic mass is 10.0. The van der Waals surface area contributed by atoms with Crippen LogP contribution in [0.5, 0.6) is 0 Å². The molecule has 6 heteroatoms. The summed E-state index contributed by atoms with van der Waals surface area (Å²) in [7, 11) is 4.18. The molecule has 0 bridgehead atoms. The summed E-state index contributed by atoms with van der Waals surface area (Å²) in [5.74, 6) is 0. The highest BCUT2D eigenvalue weighted by molar-refractivity contribution is 4.66. The van der Waals surface area contributed by atoms with Crippen molar-refractivity contribution in [2.24, 2.45) is 14.1 Å². The number of unbranched alkanes of at least 4 members (excludes halogenated alkanes) is 17. The Balaban J connectivity index is 0.00000544. The number of rotatable bonds is 21. The Morgan fingerprint density at radius 1 is 0.412 bits per heavy atom. The first kappa shape index (κ1) is 33.0. The monoisotopic (exact) mass is 514 g/mol. The zero-order valence-electron chi connectivity index (χ0n) is 22.2. The molecule has 2 aromatic heterocycles. The first-order valence-electron chi connectivity index (χ1n) is 13.8. The first-order valence-corrected chi connectivity index (χ1v) is 13.8. The van der Waals surface area contributed by atoms with Crippen LogP contribution in [0, 0.1) is 0 Å². The number of aryl methyl sites for hydroxylation is 4. The van der Waals surface area contributed by atoms with Gasteiger partial charge in [0.25, 0.3) is 0 Å². The average molecular weight is 516 g/mol. The van der Waals surface area contributed by atoms with Crippen molar-refractivity contribution < 1.29 is 33.9 Å². The van der Waals surface area contributed by atoms with Gasteiger partial charge < -0.3 is 24.8 Å². The van der Waals surface area contributed by atoms with Crippen LogP contribution in [0.25, 0.3) is 0 Å². The van der Waals surface area contributed by atoms with E-state index in [9.17, 15) is 0 Å². The second-order valence-electron chi connectivity index (χ2n) is 10.00.